The van der Waals surface area contributed by atoms with E-state index in [1.54, 1.807) is 22.8 Å². The number of aromatic nitrogens is 4. The second-order valence-corrected chi connectivity index (χ2v) is 7.70. The maximum Gasteiger partial charge on any atom is 0.326 e. The molecule has 0 atom stereocenters. The van der Waals surface area contributed by atoms with Crippen molar-refractivity contribution in [3.8, 4) is 0 Å². The summed E-state index contributed by atoms with van der Waals surface area (Å²) < 4.78 is 1.64. The van der Waals surface area contributed by atoms with Crippen LogP contribution in [0.5, 0.6) is 0 Å². The van der Waals surface area contributed by atoms with E-state index in [0.29, 0.717) is 38.9 Å². The minimum Gasteiger partial charge on any atom is -0.367 e. The van der Waals surface area contributed by atoms with Crippen LogP contribution in [-0.4, -0.2) is 37.6 Å². The van der Waals surface area contributed by atoms with Gasteiger partial charge >= 0.3 is 6.03 Å². The molecule has 152 valence electrons. The second-order valence-electron chi connectivity index (χ2n) is 6.86. The third kappa shape index (κ3) is 3.62. The lowest BCUT2D eigenvalue weighted by molar-refractivity contribution is -0.115. The second kappa shape index (κ2) is 7.15. The SMILES string of the molecule is O=C1NC(=O)/C(=C/c2cnn3c(NC4CC4)cc(Nc4ncc(Cl)cc4Cl)nc23)N1. The molecule has 2 aliphatic rings. The van der Waals surface area contributed by atoms with Gasteiger partial charge in [0.1, 0.15) is 23.2 Å². The Hall–Kier alpha value is -3.37. The number of fused-ring (bicyclic) bond motifs is 1. The Morgan fingerprint density at radius 1 is 1.17 bits per heavy atom. The van der Waals surface area contributed by atoms with E-state index in [-0.39, 0.29) is 5.70 Å². The molecule has 1 saturated carbocycles. The Balaban J connectivity index is 1.58. The van der Waals surface area contributed by atoms with Crippen LogP contribution in [0.3, 0.4) is 0 Å². The molecule has 2 fully saturated rings. The summed E-state index contributed by atoms with van der Waals surface area (Å²) in [5, 5.41) is 16.3. The molecule has 1 saturated heterocycles. The van der Waals surface area contributed by atoms with E-state index in [4.69, 9.17) is 23.2 Å². The summed E-state index contributed by atoms with van der Waals surface area (Å²) in [4.78, 5) is 32.0. The van der Waals surface area contributed by atoms with Crippen LogP contribution in [0.4, 0.5) is 22.2 Å². The van der Waals surface area contributed by atoms with Gasteiger partial charge in [0, 0.05) is 23.9 Å². The summed E-state index contributed by atoms with van der Waals surface area (Å²) in [5.41, 5.74) is 1.16. The van der Waals surface area contributed by atoms with Gasteiger partial charge in [0.15, 0.2) is 5.65 Å². The van der Waals surface area contributed by atoms with Crippen LogP contribution in [0.2, 0.25) is 10.0 Å². The Bertz CT molecular complexity index is 1230. The fourth-order valence-corrected chi connectivity index (χ4v) is 3.38. The van der Waals surface area contributed by atoms with Crippen molar-refractivity contribution in [3.05, 3.63) is 45.8 Å². The highest BCUT2D eigenvalue weighted by Crippen LogP contribution is 2.30. The highest BCUT2D eigenvalue weighted by Gasteiger charge is 2.25. The summed E-state index contributed by atoms with van der Waals surface area (Å²) in [6.45, 7) is 0. The molecule has 5 rings (SSSR count). The number of pyridine rings is 1. The molecule has 0 aromatic carbocycles. The predicted molar refractivity (Wildman–Crippen MR) is 112 cm³/mol. The Labute approximate surface area is 179 Å². The van der Waals surface area contributed by atoms with Crippen LogP contribution in [0.1, 0.15) is 18.4 Å². The van der Waals surface area contributed by atoms with Gasteiger partial charge in [-0.2, -0.15) is 9.61 Å². The maximum absolute atomic E-state index is 11.9. The topological polar surface area (TPSA) is 125 Å². The maximum atomic E-state index is 11.9. The first-order valence-electron chi connectivity index (χ1n) is 9.04. The van der Waals surface area contributed by atoms with Gasteiger partial charge in [0.2, 0.25) is 0 Å². The zero-order chi connectivity index (χ0) is 20.8. The average Bonchev–Trinajstić information content (AvgIpc) is 3.33. The normalized spacial score (nSPS) is 17.3. The third-order valence-electron chi connectivity index (χ3n) is 4.50. The zero-order valence-corrected chi connectivity index (χ0v) is 16.8. The average molecular weight is 445 g/mol. The van der Waals surface area contributed by atoms with Crippen molar-refractivity contribution in [3.63, 3.8) is 0 Å². The van der Waals surface area contributed by atoms with E-state index in [0.717, 1.165) is 18.7 Å². The molecule has 12 heteroatoms. The van der Waals surface area contributed by atoms with Gasteiger partial charge in [-0.3, -0.25) is 10.1 Å². The minimum atomic E-state index is -0.572. The molecule has 3 amide bonds. The number of urea groups is 1. The van der Waals surface area contributed by atoms with E-state index in [1.807, 2.05) is 0 Å². The smallest absolute Gasteiger partial charge is 0.326 e. The lowest BCUT2D eigenvalue weighted by Gasteiger charge is -2.12. The Kier molecular flexibility index (Phi) is 4.44. The van der Waals surface area contributed by atoms with Gasteiger partial charge in [-0.1, -0.05) is 23.2 Å². The largest absolute Gasteiger partial charge is 0.367 e. The van der Waals surface area contributed by atoms with Crippen LogP contribution < -0.4 is 21.3 Å². The monoisotopic (exact) mass is 444 g/mol. The molecule has 30 heavy (non-hydrogen) atoms. The number of nitrogens with zero attached hydrogens (tertiary/aromatic N) is 4. The first kappa shape index (κ1) is 18.6. The number of hydrogen-bond acceptors (Lipinski definition) is 7. The number of anilines is 3. The van der Waals surface area contributed by atoms with Crippen LogP contribution in [0.25, 0.3) is 11.7 Å². The molecule has 4 N–H and O–H groups in total. The minimum absolute atomic E-state index is 0.120. The summed E-state index contributed by atoms with van der Waals surface area (Å²) in [6.07, 6.45) is 6.72. The van der Waals surface area contributed by atoms with E-state index < -0.39 is 11.9 Å². The van der Waals surface area contributed by atoms with Gasteiger partial charge < -0.3 is 16.0 Å². The lowest BCUT2D eigenvalue weighted by atomic mass is 10.2. The number of hydrogen-bond donors (Lipinski definition) is 4. The van der Waals surface area contributed by atoms with Gasteiger partial charge in [-0.25, -0.2) is 14.8 Å². The molecule has 10 nitrogen and oxygen atoms in total. The number of carbonyl (C=O) groups excluding carboxylic acids is 2. The zero-order valence-electron chi connectivity index (χ0n) is 15.2. The van der Waals surface area contributed by atoms with Crippen LogP contribution in [-0.2, 0) is 4.79 Å². The van der Waals surface area contributed by atoms with Gasteiger partial charge in [0.25, 0.3) is 5.91 Å². The number of imide groups is 1. The molecule has 0 radical (unpaired) electrons. The molecule has 0 spiro atoms. The van der Waals surface area contributed by atoms with Gasteiger partial charge in [-0.05, 0) is 25.0 Å². The standard InChI is InChI=1S/C18H14Cl2N8O2/c19-9-4-11(20)15(21-7-9)25-13-5-14(23-10-1-2-10)28-16(26-13)8(6-22-28)3-12-17(29)27-18(30)24-12/h3-7,10,23H,1-2H2,(H,21,25,26)(H2,24,27,29,30)/b12-3-. The summed E-state index contributed by atoms with van der Waals surface area (Å²) in [7, 11) is 0. The van der Waals surface area contributed by atoms with E-state index in [2.05, 4.69) is 36.3 Å². The molecule has 0 unspecified atom stereocenters. The molecule has 3 aromatic heterocycles. The fraction of sp³-hybridized carbons (Fsp3) is 0.167. The van der Waals surface area contributed by atoms with Gasteiger partial charge in [0.05, 0.1) is 16.2 Å². The van der Waals surface area contributed by atoms with Crippen molar-refractivity contribution in [1.29, 1.82) is 0 Å². The Morgan fingerprint density at radius 3 is 2.70 bits per heavy atom. The molecule has 3 aromatic rings. The molecule has 0 bridgehead atoms. The highest BCUT2D eigenvalue weighted by atomic mass is 35.5. The van der Waals surface area contributed by atoms with Crippen molar-refractivity contribution < 1.29 is 9.59 Å². The highest BCUT2D eigenvalue weighted by molar-refractivity contribution is 6.36. The third-order valence-corrected chi connectivity index (χ3v) is 5.00. The molecule has 4 heterocycles. The van der Waals surface area contributed by atoms with Crippen LogP contribution >= 0.6 is 23.2 Å². The van der Waals surface area contributed by atoms with Crippen molar-refractivity contribution in [2.75, 3.05) is 10.6 Å². The van der Waals surface area contributed by atoms with E-state index in [9.17, 15) is 9.59 Å². The lowest BCUT2D eigenvalue weighted by Crippen LogP contribution is -2.22. The molecule has 1 aliphatic carbocycles. The molecular weight excluding hydrogens is 431 g/mol. The van der Waals surface area contributed by atoms with Crippen molar-refractivity contribution >= 4 is 64.3 Å². The summed E-state index contributed by atoms with van der Waals surface area (Å²) in [5.74, 6) is 1.08. The number of carbonyl (C=O) groups is 2. The fourth-order valence-electron chi connectivity index (χ4n) is 2.95. The van der Waals surface area contributed by atoms with E-state index >= 15 is 0 Å². The van der Waals surface area contributed by atoms with Gasteiger partial charge in [-0.15, -0.1) is 0 Å². The first-order chi connectivity index (χ1) is 14.5. The number of nitrogens with one attached hydrogen (secondary N) is 4. The quantitative estimate of drug-likeness (QED) is 0.352. The van der Waals surface area contributed by atoms with Crippen LogP contribution in [0.15, 0.2) is 30.2 Å². The van der Waals surface area contributed by atoms with Crippen molar-refractivity contribution in [2.24, 2.45) is 0 Å². The number of rotatable bonds is 5. The van der Waals surface area contributed by atoms with Crippen molar-refractivity contribution in [2.45, 2.75) is 18.9 Å². The molecular formula is C18H14Cl2N8O2. The van der Waals surface area contributed by atoms with E-state index in [1.165, 1.54) is 12.3 Å². The first-order valence-corrected chi connectivity index (χ1v) is 9.79. The Morgan fingerprint density at radius 2 is 2.00 bits per heavy atom. The number of amides is 3. The molecule has 1 aliphatic heterocycles. The number of halogens is 2. The van der Waals surface area contributed by atoms with Crippen LogP contribution in [0, 0.1) is 0 Å². The van der Waals surface area contributed by atoms with Crippen molar-refractivity contribution in [1.82, 2.24) is 30.2 Å². The summed E-state index contributed by atoms with van der Waals surface area (Å²) >= 11 is 12.1. The summed E-state index contributed by atoms with van der Waals surface area (Å²) in [6, 6.07) is 3.17. The predicted octanol–water partition coefficient (Wildman–Crippen LogP) is 2.93.